The minimum atomic E-state index is 0.0841. The standard InChI is InChI=1S/C16H22N2O/c1-3-18(4-2)16(19)8-6-13-5-7-14-9-10-17-12-15(14)11-13/h5-8,11,17H,3-4,9-10,12H2,1-2H3. The number of fused-ring (bicyclic) bond motifs is 1. The molecule has 0 radical (unpaired) electrons. The van der Waals surface area contributed by atoms with E-state index in [2.05, 4.69) is 23.5 Å². The van der Waals surface area contributed by atoms with Crippen molar-refractivity contribution in [3.8, 4) is 0 Å². The van der Waals surface area contributed by atoms with Crippen molar-refractivity contribution >= 4 is 12.0 Å². The number of carbonyl (C=O) groups excluding carboxylic acids is 1. The van der Waals surface area contributed by atoms with E-state index in [4.69, 9.17) is 0 Å². The van der Waals surface area contributed by atoms with Gasteiger partial charge in [-0.05, 0) is 49.6 Å². The minimum absolute atomic E-state index is 0.0841. The number of amides is 1. The number of likely N-dealkylation sites (N-methyl/N-ethyl adjacent to an activating group) is 1. The van der Waals surface area contributed by atoms with Crippen LogP contribution in [0.25, 0.3) is 6.08 Å². The monoisotopic (exact) mass is 258 g/mol. The van der Waals surface area contributed by atoms with Crippen LogP contribution in [0.5, 0.6) is 0 Å². The first-order valence-corrected chi connectivity index (χ1v) is 7.04. The van der Waals surface area contributed by atoms with Gasteiger partial charge in [0.25, 0.3) is 0 Å². The predicted octanol–water partition coefficient (Wildman–Crippen LogP) is 2.21. The molecule has 0 bridgehead atoms. The van der Waals surface area contributed by atoms with Crippen molar-refractivity contribution in [1.29, 1.82) is 0 Å². The molecule has 1 N–H and O–H groups in total. The van der Waals surface area contributed by atoms with Crippen molar-refractivity contribution in [3.05, 3.63) is 41.0 Å². The molecule has 0 atom stereocenters. The Morgan fingerprint density at radius 2 is 2.11 bits per heavy atom. The Morgan fingerprint density at radius 3 is 2.84 bits per heavy atom. The highest BCUT2D eigenvalue weighted by molar-refractivity contribution is 5.91. The molecule has 1 aliphatic rings. The maximum absolute atomic E-state index is 11.9. The fourth-order valence-corrected chi connectivity index (χ4v) is 2.41. The number of nitrogens with zero attached hydrogens (tertiary/aromatic N) is 1. The van der Waals surface area contributed by atoms with Gasteiger partial charge in [0.1, 0.15) is 0 Å². The molecule has 1 amide bonds. The highest BCUT2D eigenvalue weighted by Gasteiger charge is 2.08. The van der Waals surface area contributed by atoms with E-state index in [0.29, 0.717) is 0 Å². The molecule has 3 heteroatoms. The second kappa shape index (κ2) is 6.53. The number of hydrogen-bond acceptors (Lipinski definition) is 2. The van der Waals surface area contributed by atoms with Gasteiger partial charge in [-0.15, -0.1) is 0 Å². The summed E-state index contributed by atoms with van der Waals surface area (Å²) in [5.74, 6) is 0.0841. The number of nitrogens with one attached hydrogen (secondary N) is 1. The molecule has 1 heterocycles. The normalized spacial score (nSPS) is 14.4. The molecule has 0 fully saturated rings. The molecule has 0 saturated carbocycles. The first-order valence-electron chi connectivity index (χ1n) is 7.04. The lowest BCUT2D eigenvalue weighted by Gasteiger charge is -2.17. The second-order valence-corrected chi connectivity index (χ2v) is 4.80. The van der Waals surface area contributed by atoms with Crippen LogP contribution in [0.3, 0.4) is 0 Å². The first-order chi connectivity index (χ1) is 9.24. The Morgan fingerprint density at radius 1 is 1.32 bits per heavy atom. The van der Waals surface area contributed by atoms with Gasteiger partial charge in [0.2, 0.25) is 5.91 Å². The number of benzene rings is 1. The summed E-state index contributed by atoms with van der Waals surface area (Å²) in [4.78, 5) is 13.7. The molecule has 102 valence electrons. The van der Waals surface area contributed by atoms with Gasteiger partial charge in [0.15, 0.2) is 0 Å². The zero-order valence-electron chi connectivity index (χ0n) is 11.8. The molecule has 0 aromatic heterocycles. The van der Waals surface area contributed by atoms with Crippen molar-refractivity contribution in [1.82, 2.24) is 10.2 Å². The van der Waals surface area contributed by atoms with E-state index in [1.807, 2.05) is 24.8 Å². The number of rotatable bonds is 4. The van der Waals surface area contributed by atoms with Crippen molar-refractivity contribution in [3.63, 3.8) is 0 Å². The number of carbonyl (C=O) groups is 1. The maximum Gasteiger partial charge on any atom is 0.246 e. The third-order valence-corrected chi connectivity index (χ3v) is 3.61. The molecule has 0 saturated heterocycles. The third-order valence-electron chi connectivity index (χ3n) is 3.61. The van der Waals surface area contributed by atoms with E-state index < -0.39 is 0 Å². The summed E-state index contributed by atoms with van der Waals surface area (Å²) in [6.07, 6.45) is 4.68. The largest absolute Gasteiger partial charge is 0.340 e. The Kier molecular flexibility index (Phi) is 4.74. The summed E-state index contributed by atoms with van der Waals surface area (Å²) >= 11 is 0. The summed E-state index contributed by atoms with van der Waals surface area (Å²) in [6, 6.07) is 6.45. The quantitative estimate of drug-likeness (QED) is 0.840. The van der Waals surface area contributed by atoms with Crippen LogP contribution in [0.4, 0.5) is 0 Å². The molecule has 1 aromatic carbocycles. The van der Waals surface area contributed by atoms with Gasteiger partial charge >= 0.3 is 0 Å². The van der Waals surface area contributed by atoms with Crippen LogP contribution in [0.1, 0.15) is 30.5 Å². The van der Waals surface area contributed by atoms with Gasteiger partial charge in [-0.25, -0.2) is 0 Å². The van der Waals surface area contributed by atoms with Crippen LogP contribution < -0.4 is 5.32 Å². The Balaban J connectivity index is 2.08. The smallest absolute Gasteiger partial charge is 0.246 e. The van der Waals surface area contributed by atoms with Gasteiger partial charge < -0.3 is 10.2 Å². The summed E-state index contributed by atoms with van der Waals surface area (Å²) < 4.78 is 0. The van der Waals surface area contributed by atoms with Crippen molar-refractivity contribution in [2.45, 2.75) is 26.8 Å². The highest BCUT2D eigenvalue weighted by atomic mass is 16.2. The van der Waals surface area contributed by atoms with Crippen LogP contribution in [-0.2, 0) is 17.8 Å². The van der Waals surface area contributed by atoms with E-state index in [1.54, 1.807) is 6.08 Å². The molecule has 2 rings (SSSR count). The predicted molar refractivity (Wildman–Crippen MR) is 78.8 cm³/mol. The molecule has 0 unspecified atom stereocenters. The summed E-state index contributed by atoms with van der Waals surface area (Å²) in [5.41, 5.74) is 3.87. The summed E-state index contributed by atoms with van der Waals surface area (Å²) in [5, 5.41) is 3.37. The van der Waals surface area contributed by atoms with Crippen LogP contribution in [-0.4, -0.2) is 30.4 Å². The van der Waals surface area contributed by atoms with Gasteiger partial charge in [-0.1, -0.05) is 18.2 Å². The lowest BCUT2D eigenvalue weighted by Crippen LogP contribution is -2.28. The van der Waals surface area contributed by atoms with E-state index in [9.17, 15) is 4.79 Å². The van der Waals surface area contributed by atoms with Crippen molar-refractivity contribution < 1.29 is 4.79 Å². The van der Waals surface area contributed by atoms with E-state index in [1.165, 1.54) is 11.1 Å². The Labute approximate surface area is 115 Å². The third kappa shape index (κ3) is 3.44. The van der Waals surface area contributed by atoms with E-state index in [-0.39, 0.29) is 5.91 Å². The van der Waals surface area contributed by atoms with Crippen molar-refractivity contribution in [2.24, 2.45) is 0 Å². The van der Waals surface area contributed by atoms with Gasteiger partial charge in [-0.2, -0.15) is 0 Å². The lowest BCUT2D eigenvalue weighted by atomic mass is 9.98. The Bertz CT molecular complexity index is 476. The SMILES string of the molecule is CCN(CC)C(=O)C=Cc1ccc2c(c1)CNCC2. The molecule has 1 aliphatic heterocycles. The molecule has 0 spiro atoms. The summed E-state index contributed by atoms with van der Waals surface area (Å²) in [7, 11) is 0. The van der Waals surface area contributed by atoms with Crippen LogP contribution in [0, 0.1) is 0 Å². The average Bonchev–Trinajstić information content (AvgIpc) is 2.46. The Hall–Kier alpha value is -1.61. The van der Waals surface area contributed by atoms with Crippen LogP contribution in [0.15, 0.2) is 24.3 Å². The van der Waals surface area contributed by atoms with Crippen molar-refractivity contribution in [2.75, 3.05) is 19.6 Å². The molecular formula is C16H22N2O. The summed E-state index contributed by atoms with van der Waals surface area (Å²) in [6.45, 7) is 7.50. The lowest BCUT2D eigenvalue weighted by molar-refractivity contribution is -0.125. The molecular weight excluding hydrogens is 236 g/mol. The maximum atomic E-state index is 11.9. The zero-order valence-corrected chi connectivity index (χ0v) is 11.8. The topological polar surface area (TPSA) is 32.3 Å². The zero-order chi connectivity index (χ0) is 13.7. The highest BCUT2D eigenvalue weighted by Crippen LogP contribution is 2.16. The fourth-order valence-electron chi connectivity index (χ4n) is 2.41. The molecule has 0 aliphatic carbocycles. The molecule has 1 aromatic rings. The van der Waals surface area contributed by atoms with Crippen LogP contribution in [0.2, 0.25) is 0 Å². The fraction of sp³-hybridized carbons (Fsp3) is 0.438. The van der Waals surface area contributed by atoms with Crippen LogP contribution >= 0.6 is 0 Å². The first kappa shape index (κ1) is 13.8. The van der Waals surface area contributed by atoms with Gasteiger partial charge in [0.05, 0.1) is 0 Å². The van der Waals surface area contributed by atoms with E-state index in [0.717, 1.165) is 38.2 Å². The molecule has 19 heavy (non-hydrogen) atoms. The minimum Gasteiger partial charge on any atom is -0.340 e. The number of hydrogen-bond donors (Lipinski definition) is 1. The average molecular weight is 258 g/mol. The van der Waals surface area contributed by atoms with Gasteiger partial charge in [0, 0.05) is 25.7 Å². The second-order valence-electron chi connectivity index (χ2n) is 4.80. The molecule has 3 nitrogen and oxygen atoms in total. The van der Waals surface area contributed by atoms with Gasteiger partial charge in [-0.3, -0.25) is 4.79 Å². The van der Waals surface area contributed by atoms with E-state index >= 15 is 0 Å².